The molecular formula is C18H22ClN3O2. The lowest BCUT2D eigenvalue weighted by Gasteiger charge is -2.19. The van der Waals surface area contributed by atoms with Crippen molar-refractivity contribution in [3.63, 3.8) is 0 Å². The van der Waals surface area contributed by atoms with Crippen LogP contribution in [0.3, 0.4) is 0 Å². The molecule has 0 aliphatic carbocycles. The molecule has 128 valence electrons. The summed E-state index contributed by atoms with van der Waals surface area (Å²) in [5.41, 5.74) is 4.59. The molecule has 24 heavy (non-hydrogen) atoms. The van der Waals surface area contributed by atoms with E-state index < -0.39 is 0 Å². The molecule has 0 unspecified atom stereocenters. The van der Waals surface area contributed by atoms with E-state index in [2.05, 4.69) is 18.3 Å². The Morgan fingerprint density at radius 2 is 1.92 bits per heavy atom. The topological polar surface area (TPSA) is 58.4 Å². The predicted octanol–water partition coefficient (Wildman–Crippen LogP) is 4.93. The van der Waals surface area contributed by atoms with Crippen molar-refractivity contribution in [3.8, 4) is 0 Å². The fourth-order valence-corrected chi connectivity index (χ4v) is 2.73. The third kappa shape index (κ3) is 3.97. The summed E-state index contributed by atoms with van der Waals surface area (Å²) >= 11 is 6.30. The van der Waals surface area contributed by atoms with Gasteiger partial charge in [-0.1, -0.05) is 29.8 Å². The number of hydrogen-bond donors (Lipinski definition) is 1. The van der Waals surface area contributed by atoms with Crippen molar-refractivity contribution in [3.05, 3.63) is 62.2 Å². The first-order valence-electron chi connectivity index (χ1n) is 7.82. The molecule has 6 heteroatoms. The molecule has 0 heterocycles. The standard InChI is InChI=1S/C18H22ClN3O2/c1-5-21(4)17-10-18(22(23)24)16(9-15(17)19)20-11-14-7-6-12(2)13(3)8-14/h6-10,20H,5,11H2,1-4H3. The smallest absolute Gasteiger partial charge is 0.294 e. The minimum absolute atomic E-state index is 0.0264. The predicted molar refractivity (Wildman–Crippen MR) is 100 cm³/mol. The zero-order chi connectivity index (χ0) is 17.9. The Kier molecular flexibility index (Phi) is 5.67. The van der Waals surface area contributed by atoms with Crippen LogP contribution >= 0.6 is 11.6 Å². The number of hydrogen-bond acceptors (Lipinski definition) is 4. The summed E-state index contributed by atoms with van der Waals surface area (Å²) in [7, 11) is 1.85. The Balaban J connectivity index is 2.30. The molecule has 0 radical (unpaired) electrons. The summed E-state index contributed by atoms with van der Waals surface area (Å²) in [6, 6.07) is 9.29. The van der Waals surface area contributed by atoms with Gasteiger partial charge in [0.05, 0.1) is 15.6 Å². The highest BCUT2D eigenvalue weighted by atomic mass is 35.5. The second-order valence-corrected chi connectivity index (χ2v) is 6.27. The molecule has 0 aliphatic rings. The van der Waals surface area contributed by atoms with Crippen molar-refractivity contribution in [2.75, 3.05) is 23.8 Å². The molecule has 0 amide bonds. The largest absolute Gasteiger partial charge is 0.375 e. The normalized spacial score (nSPS) is 10.5. The number of halogens is 1. The average Bonchev–Trinajstić information content (AvgIpc) is 2.55. The molecule has 0 aliphatic heterocycles. The van der Waals surface area contributed by atoms with Gasteiger partial charge < -0.3 is 10.2 Å². The molecule has 0 bridgehead atoms. The highest BCUT2D eigenvalue weighted by Crippen LogP contribution is 2.36. The Morgan fingerprint density at radius 3 is 2.50 bits per heavy atom. The number of nitrogens with zero attached hydrogens (tertiary/aromatic N) is 2. The Hall–Kier alpha value is -2.27. The van der Waals surface area contributed by atoms with Gasteiger partial charge in [0.25, 0.3) is 5.69 Å². The van der Waals surface area contributed by atoms with Crippen LogP contribution < -0.4 is 10.2 Å². The van der Waals surface area contributed by atoms with E-state index in [9.17, 15) is 10.1 Å². The third-order valence-electron chi connectivity index (χ3n) is 4.20. The van der Waals surface area contributed by atoms with Crippen LogP contribution in [-0.2, 0) is 6.54 Å². The van der Waals surface area contributed by atoms with Crippen molar-refractivity contribution >= 4 is 28.7 Å². The molecule has 0 aromatic heterocycles. The van der Waals surface area contributed by atoms with Crippen LogP contribution in [0.1, 0.15) is 23.6 Å². The van der Waals surface area contributed by atoms with E-state index in [0.717, 1.165) is 5.56 Å². The lowest BCUT2D eigenvalue weighted by molar-refractivity contribution is -0.383. The van der Waals surface area contributed by atoms with E-state index in [4.69, 9.17) is 11.6 Å². The van der Waals surface area contributed by atoms with Gasteiger partial charge in [-0.25, -0.2) is 0 Å². The molecule has 0 spiro atoms. The van der Waals surface area contributed by atoms with E-state index in [1.807, 2.05) is 37.9 Å². The van der Waals surface area contributed by atoms with E-state index in [0.29, 0.717) is 29.5 Å². The zero-order valence-corrected chi connectivity index (χ0v) is 15.1. The molecule has 2 aromatic rings. The van der Waals surface area contributed by atoms with Gasteiger partial charge in [-0.15, -0.1) is 0 Å². The van der Waals surface area contributed by atoms with Gasteiger partial charge in [0.15, 0.2) is 0 Å². The summed E-state index contributed by atoms with van der Waals surface area (Å²) in [5, 5.41) is 15.0. The van der Waals surface area contributed by atoms with Crippen molar-refractivity contribution in [2.45, 2.75) is 27.3 Å². The van der Waals surface area contributed by atoms with Crippen molar-refractivity contribution < 1.29 is 4.92 Å². The highest BCUT2D eigenvalue weighted by Gasteiger charge is 2.19. The number of aryl methyl sites for hydroxylation is 2. The fraction of sp³-hybridized carbons (Fsp3) is 0.333. The second-order valence-electron chi connectivity index (χ2n) is 5.86. The summed E-state index contributed by atoms with van der Waals surface area (Å²) < 4.78 is 0. The first-order valence-corrected chi connectivity index (χ1v) is 8.20. The maximum Gasteiger partial charge on any atom is 0.294 e. The molecule has 0 saturated carbocycles. The molecule has 5 nitrogen and oxygen atoms in total. The van der Waals surface area contributed by atoms with E-state index in [1.165, 1.54) is 17.2 Å². The van der Waals surface area contributed by atoms with Crippen molar-refractivity contribution in [1.82, 2.24) is 0 Å². The first-order chi connectivity index (χ1) is 11.3. The molecular weight excluding hydrogens is 326 g/mol. The molecule has 0 saturated heterocycles. The van der Waals surface area contributed by atoms with Crippen molar-refractivity contribution in [2.24, 2.45) is 0 Å². The van der Waals surface area contributed by atoms with E-state index >= 15 is 0 Å². The lowest BCUT2D eigenvalue weighted by atomic mass is 10.1. The van der Waals surface area contributed by atoms with Gasteiger partial charge in [-0.05, 0) is 43.5 Å². The third-order valence-corrected chi connectivity index (χ3v) is 4.50. The minimum Gasteiger partial charge on any atom is -0.375 e. The van der Waals surface area contributed by atoms with Crippen LogP contribution in [0.2, 0.25) is 5.02 Å². The van der Waals surface area contributed by atoms with Gasteiger partial charge in [-0.3, -0.25) is 10.1 Å². The summed E-state index contributed by atoms with van der Waals surface area (Å²) in [6.45, 7) is 7.29. The summed E-state index contributed by atoms with van der Waals surface area (Å²) in [5.74, 6) is 0. The van der Waals surface area contributed by atoms with Crippen LogP contribution in [0.5, 0.6) is 0 Å². The summed E-state index contributed by atoms with van der Waals surface area (Å²) in [4.78, 5) is 12.9. The van der Waals surface area contributed by atoms with Crippen molar-refractivity contribution in [1.29, 1.82) is 0 Å². The van der Waals surface area contributed by atoms with Gasteiger partial charge in [0.1, 0.15) is 5.69 Å². The quantitative estimate of drug-likeness (QED) is 0.594. The summed E-state index contributed by atoms with van der Waals surface area (Å²) in [6.07, 6.45) is 0. The van der Waals surface area contributed by atoms with E-state index in [1.54, 1.807) is 6.07 Å². The number of benzene rings is 2. The van der Waals surface area contributed by atoms with Crippen LogP contribution in [0, 0.1) is 24.0 Å². The number of anilines is 2. The molecule has 1 N–H and O–H groups in total. The zero-order valence-electron chi connectivity index (χ0n) is 14.4. The maximum absolute atomic E-state index is 11.4. The van der Waals surface area contributed by atoms with Gasteiger partial charge >= 0.3 is 0 Å². The number of nitro benzene ring substituents is 1. The number of rotatable bonds is 6. The van der Waals surface area contributed by atoms with Crippen LogP contribution in [0.25, 0.3) is 0 Å². The molecule has 2 rings (SSSR count). The lowest BCUT2D eigenvalue weighted by Crippen LogP contribution is -2.16. The maximum atomic E-state index is 11.4. The van der Waals surface area contributed by atoms with Crippen LogP contribution in [-0.4, -0.2) is 18.5 Å². The van der Waals surface area contributed by atoms with Crippen LogP contribution in [0.4, 0.5) is 17.1 Å². The first kappa shape index (κ1) is 18.1. The van der Waals surface area contributed by atoms with Gasteiger partial charge in [-0.2, -0.15) is 0 Å². The second kappa shape index (κ2) is 7.53. The van der Waals surface area contributed by atoms with Gasteiger partial charge in [0.2, 0.25) is 0 Å². The number of nitro groups is 1. The fourth-order valence-electron chi connectivity index (χ4n) is 2.42. The SMILES string of the molecule is CCN(C)c1cc([N+](=O)[O-])c(NCc2ccc(C)c(C)c2)cc1Cl. The Morgan fingerprint density at radius 1 is 1.21 bits per heavy atom. The number of nitrogens with one attached hydrogen (secondary N) is 1. The average molecular weight is 348 g/mol. The minimum atomic E-state index is -0.383. The monoisotopic (exact) mass is 347 g/mol. The highest BCUT2D eigenvalue weighted by molar-refractivity contribution is 6.33. The Labute approximate surface area is 147 Å². The molecule has 2 aromatic carbocycles. The van der Waals surface area contributed by atoms with E-state index in [-0.39, 0.29) is 10.6 Å². The molecule has 0 atom stereocenters. The van der Waals surface area contributed by atoms with Crippen LogP contribution in [0.15, 0.2) is 30.3 Å². The Bertz CT molecular complexity index is 762. The van der Waals surface area contributed by atoms with Gasteiger partial charge in [0, 0.05) is 26.2 Å². The molecule has 0 fully saturated rings.